The Labute approximate surface area is 96.6 Å². The summed E-state index contributed by atoms with van der Waals surface area (Å²) in [6.45, 7) is 8.41. The van der Waals surface area contributed by atoms with Crippen molar-refractivity contribution in [2.45, 2.75) is 46.0 Å². The van der Waals surface area contributed by atoms with Crippen molar-refractivity contribution in [3.63, 3.8) is 0 Å². The molecule has 0 N–H and O–H groups in total. The lowest BCUT2D eigenvalue weighted by atomic mass is 9.77. The van der Waals surface area contributed by atoms with E-state index in [2.05, 4.69) is 33.8 Å². The van der Waals surface area contributed by atoms with Crippen molar-refractivity contribution in [2.75, 3.05) is 0 Å². The summed E-state index contributed by atoms with van der Waals surface area (Å²) < 4.78 is 5.35. The van der Waals surface area contributed by atoms with Gasteiger partial charge >= 0.3 is 5.97 Å². The molecule has 1 aromatic rings. The molecule has 2 nitrogen and oxygen atoms in total. The molecule has 16 heavy (non-hydrogen) atoms. The smallest absolute Gasteiger partial charge is 0.312 e. The summed E-state index contributed by atoms with van der Waals surface area (Å²) in [5.74, 6) is 0.642. The molecule has 1 heterocycles. The zero-order chi connectivity index (χ0) is 11.9. The van der Waals surface area contributed by atoms with E-state index in [9.17, 15) is 4.79 Å². The summed E-state index contributed by atoms with van der Waals surface area (Å²) in [4.78, 5) is 11.5. The van der Waals surface area contributed by atoms with Crippen LogP contribution >= 0.6 is 0 Å². The second-order valence-corrected chi connectivity index (χ2v) is 5.17. The van der Waals surface area contributed by atoms with Crippen molar-refractivity contribution in [3.05, 3.63) is 28.8 Å². The second kappa shape index (κ2) is 3.62. The van der Waals surface area contributed by atoms with Crippen LogP contribution in [0.2, 0.25) is 0 Å². The van der Waals surface area contributed by atoms with Crippen molar-refractivity contribution in [2.24, 2.45) is 0 Å². The van der Waals surface area contributed by atoms with Gasteiger partial charge in [0.25, 0.3) is 0 Å². The maximum Gasteiger partial charge on any atom is 0.312 e. The summed E-state index contributed by atoms with van der Waals surface area (Å²) in [7, 11) is 0. The number of esters is 1. The Morgan fingerprint density at radius 1 is 1.38 bits per heavy atom. The third kappa shape index (κ3) is 1.73. The molecule has 1 aliphatic heterocycles. The lowest BCUT2D eigenvalue weighted by molar-refractivity contribution is -0.136. The van der Waals surface area contributed by atoms with Gasteiger partial charge in [0.1, 0.15) is 5.75 Å². The summed E-state index contributed by atoms with van der Waals surface area (Å²) in [5, 5.41) is 0. The van der Waals surface area contributed by atoms with Gasteiger partial charge in [-0.1, -0.05) is 26.8 Å². The largest absolute Gasteiger partial charge is 0.426 e. The number of aryl methyl sites for hydroxylation is 2. The van der Waals surface area contributed by atoms with E-state index in [0.717, 1.165) is 12.2 Å². The Morgan fingerprint density at radius 2 is 2.06 bits per heavy atom. The van der Waals surface area contributed by atoms with E-state index >= 15 is 0 Å². The van der Waals surface area contributed by atoms with Crippen molar-refractivity contribution < 1.29 is 9.53 Å². The fourth-order valence-electron chi connectivity index (χ4n) is 2.59. The Morgan fingerprint density at radius 3 is 2.69 bits per heavy atom. The molecule has 0 radical (unpaired) electrons. The highest BCUT2D eigenvalue weighted by Crippen LogP contribution is 2.41. The Kier molecular flexibility index (Phi) is 2.53. The van der Waals surface area contributed by atoms with Crippen molar-refractivity contribution in [1.29, 1.82) is 0 Å². The molecule has 0 aromatic heterocycles. The quantitative estimate of drug-likeness (QED) is 0.534. The predicted molar refractivity (Wildman–Crippen MR) is 63.8 cm³/mol. The Hall–Kier alpha value is -1.31. The molecule has 0 amide bonds. The third-order valence-corrected chi connectivity index (χ3v) is 3.25. The number of rotatable bonds is 1. The van der Waals surface area contributed by atoms with Gasteiger partial charge in [-0.15, -0.1) is 0 Å². The average Bonchev–Trinajstić information content (AvgIpc) is 2.13. The van der Waals surface area contributed by atoms with E-state index in [1.165, 1.54) is 16.7 Å². The molecule has 2 rings (SSSR count). The first-order valence-corrected chi connectivity index (χ1v) is 5.78. The average molecular weight is 218 g/mol. The highest BCUT2D eigenvalue weighted by Gasteiger charge is 2.35. The maximum atomic E-state index is 11.5. The first-order chi connectivity index (χ1) is 7.44. The lowest BCUT2D eigenvalue weighted by Crippen LogP contribution is -2.31. The van der Waals surface area contributed by atoms with E-state index in [-0.39, 0.29) is 11.4 Å². The number of hydrogen-bond acceptors (Lipinski definition) is 2. The van der Waals surface area contributed by atoms with E-state index in [4.69, 9.17) is 4.74 Å². The molecule has 0 bridgehead atoms. The first kappa shape index (κ1) is 11.2. The van der Waals surface area contributed by atoms with Crippen LogP contribution in [-0.2, 0) is 16.6 Å². The van der Waals surface area contributed by atoms with Gasteiger partial charge in [0.05, 0.1) is 6.42 Å². The fraction of sp³-hybridized carbons (Fsp3) is 0.500. The van der Waals surface area contributed by atoms with Crippen molar-refractivity contribution in [3.8, 4) is 5.75 Å². The number of hydrogen-bond donors (Lipinski definition) is 0. The monoisotopic (exact) mass is 218 g/mol. The van der Waals surface area contributed by atoms with Gasteiger partial charge in [0.2, 0.25) is 0 Å². The standard InChI is InChI=1S/C14H18O2/c1-5-10-6-9(2)13-11(7-10)16-12(15)8-14(13,3)4/h6-7H,5,8H2,1-4H3. The van der Waals surface area contributed by atoms with Crippen molar-refractivity contribution >= 4 is 5.97 Å². The topological polar surface area (TPSA) is 26.3 Å². The summed E-state index contributed by atoms with van der Waals surface area (Å²) in [6.07, 6.45) is 1.43. The zero-order valence-corrected chi connectivity index (χ0v) is 10.4. The molecule has 0 aliphatic carbocycles. The molecular formula is C14H18O2. The first-order valence-electron chi connectivity index (χ1n) is 5.78. The number of ether oxygens (including phenoxy) is 1. The minimum absolute atomic E-state index is 0.110. The van der Waals surface area contributed by atoms with Gasteiger partial charge in [0.15, 0.2) is 0 Å². The van der Waals surface area contributed by atoms with Crippen LogP contribution < -0.4 is 4.74 Å². The maximum absolute atomic E-state index is 11.5. The predicted octanol–water partition coefficient (Wildman–Crippen LogP) is 3.14. The third-order valence-electron chi connectivity index (χ3n) is 3.25. The number of carbonyl (C=O) groups excluding carboxylic acids is 1. The van der Waals surface area contributed by atoms with E-state index in [1.54, 1.807) is 0 Å². The van der Waals surface area contributed by atoms with Crippen LogP contribution in [0.15, 0.2) is 12.1 Å². The molecule has 0 saturated heterocycles. The highest BCUT2D eigenvalue weighted by molar-refractivity contribution is 5.78. The second-order valence-electron chi connectivity index (χ2n) is 5.17. The van der Waals surface area contributed by atoms with Gasteiger partial charge in [-0.05, 0) is 30.5 Å². The number of benzene rings is 1. The molecule has 0 fully saturated rings. The summed E-state index contributed by atoms with van der Waals surface area (Å²) in [6, 6.07) is 4.20. The van der Waals surface area contributed by atoms with Crippen LogP contribution in [0.5, 0.6) is 5.75 Å². The molecule has 86 valence electrons. The minimum atomic E-state index is -0.120. The van der Waals surface area contributed by atoms with E-state index < -0.39 is 0 Å². The van der Waals surface area contributed by atoms with Crippen LogP contribution in [0.25, 0.3) is 0 Å². The molecule has 0 unspecified atom stereocenters. The SMILES string of the molecule is CCc1cc(C)c2c(c1)OC(=O)CC2(C)C. The van der Waals surface area contributed by atoms with Crippen LogP contribution in [0.4, 0.5) is 0 Å². The zero-order valence-electron chi connectivity index (χ0n) is 10.4. The van der Waals surface area contributed by atoms with Gasteiger partial charge < -0.3 is 4.74 Å². The molecule has 1 aliphatic rings. The van der Waals surface area contributed by atoms with Gasteiger partial charge in [-0.25, -0.2) is 0 Å². The van der Waals surface area contributed by atoms with Crippen LogP contribution in [0.1, 0.15) is 43.9 Å². The minimum Gasteiger partial charge on any atom is -0.426 e. The molecule has 1 aromatic carbocycles. The highest BCUT2D eigenvalue weighted by atomic mass is 16.5. The van der Waals surface area contributed by atoms with Gasteiger partial charge in [0, 0.05) is 11.0 Å². The molecule has 2 heteroatoms. The number of carbonyl (C=O) groups is 1. The molecule has 0 saturated carbocycles. The van der Waals surface area contributed by atoms with Gasteiger partial charge in [-0.3, -0.25) is 4.79 Å². The van der Waals surface area contributed by atoms with Gasteiger partial charge in [-0.2, -0.15) is 0 Å². The Bertz CT molecular complexity index is 444. The summed E-state index contributed by atoms with van der Waals surface area (Å²) >= 11 is 0. The molecule has 0 spiro atoms. The van der Waals surface area contributed by atoms with Crippen LogP contribution in [0.3, 0.4) is 0 Å². The van der Waals surface area contributed by atoms with Crippen LogP contribution in [0, 0.1) is 6.92 Å². The number of fused-ring (bicyclic) bond motifs is 1. The molecular weight excluding hydrogens is 200 g/mol. The fourth-order valence-corrected chi connectivity index (χ4v) is 2.59. The Balaban J connectivity index is 2.62. The lowest BCUT2D eigenvalue weighted by Gasteiger charge is -2.32. The normalized spacial score (nSPS) is 17.9. The summed E-state index contributed by atoms with van der Waals surface area (Å²) in [5.41, 5.74) is 3.53. The van der Waals surface area contributed by atoms with Crippen LogP contribution in [-0.4, -0.2) is 5.97 Å². The van der Waals surface area contributed by atoms with E-state index in [0.29, 0.717) is 6.42 Å². The van der Waals surface area contributed by atoms with E-state index in [1.807, 2.05) is 6.07 Å². The molecule has 0 atom stereocenters. The van der Waals surface area contributed by atoms with Crippen molar-refractivity contribution in [1.82, 2.24) is 0 Å².